The first-order valence-corrected chi connectivity index (χ1v) is 8.25. The molecular weight excluding hydrogens is 347 g/mol. The average molecular weight is 364 g/mol. The fourth-order valence-corrected chi connectivity index (χ4v) is 2.92. The number of ether oxygens (including phenoxy) is 1. The molecule has 8 heteroatoms. The highest BCUT2D eigenvalue weighted by molar-refractivity contribution is 5.91. The molecule has 0 atom stereocenters. The number of nitrogens with two attached hydrogens (primary N) is 1. The van der Waals surface area contributed by atoms with Gasteiger partial charge in [0.1, 0.15) is 11.6 Å². The number of fused-ring (bicyclic) bond motifs is 1. The van der Waals surface area contributed by atoms with Gasteiger partial charge in [0.25, 0.3) is 0 Å². The van der Waals surface area contributed by atoms with E-state index in [9.17, 15) is 4.39 Å². The van der Waals surface area contributed by atoms with Gasteiger partial charge in [0.2, 0.25) is 0 Å². The lowest BCUT2D eigenvalue weighted by Gasteiger charge is -2.08. The van der Waals surface area contributed by atoms with Crippen LogP contribution in [0.1, 0.15) is 5.69 Å². The molecule has 2 heterocycles. The summed E-state index contributed by atoms with van der Waals surface area (Å²) in [4.78, 5) is 9.21. The Kier molecular flexibility index (Phi) is 4.17. The maximum absolute atomic E-state index is 13.3. The summed E-state index contributed by atoms with van der Waals surface area (Å²) in [6.45, 7) is 1.85. The lowest BCUT2D eigenvalue weighted by atomic mass is 10.2. The summed E-state index contributed by atoms with van der Waals surface area (Å²) in [6, 6.07) is 13.5. The number of hydrazine groups is 1. The Morgan fingerprint density at radius 3 is 2.37 bits per heavy atom. The first-order valence-electron chi connectivity index (χ1n) is 8.25. The van der Waals surface area contributed by atoms with Gasteiger partial charge in [-0.3, -0.25) is 0 Å². The molecule has 7 nitrogen and oxygen atoms in total. The monoisotopic (exact) mass is 364 g/mol. The summed E-state index contributed by atoms with van der Waals surface area (Å²) in [5, 5.41) is 5.24. The Hall–Kier alpha value is -3.52. The number of aromatic nitrogens is 4. The maximum atomic E-state index is 13.3. The number of benzene rings is 2. The van der Waals surface area contributed by atoms with Gasteiger partial charge in [-0.2, -0.15) is 5.10 Å². The van der Waals surface area contributed by atoms with Crippen LogP contribution in [0, 0.1) is 12.7 Å². The molecule has 3 N–H and O–H groups in total. The number of hydrogen-bond donors (Lipinski definition) is 2. The fraction of sp³-hybridized carbons (Fsp3) is 0.105. The molecule has 0 spiro atoms. The molecule has 0 aliphatic heterocycles. The number of methoxy groups -OCH3 is 1. The lowest BCUT2D eigenvalue weighted by Crippen LogP contribution is -2.10. The third-order valence-electron chi connectivity index (χ3n) is 4.26. The van der Waals surface area contributed by atoms with Gasteiger partial charge in [-0.15, -0.1) is 0 Å². The lowest BCUT2D eigenvalue weighted by molar-refractivity contribution is 0.415. The van der Waals surface area contributed by atoms with Gasteiger partial charge < -0.3 is 10.2 Å². The summed E-state index contributed by atoms with van der Waals surface area (Å²) >= 11 is 0. The quantitative estimate of drug-likeness (QED) is 0.427. The second kappa shape index (κ2) is 6.65. The summed E-state index contributed by atoms with van der Waals surface area (Å²) in [5.74, 6) is 7.08. The third kappa shape index (κ3) is 2.96. The Bertz CT molecular complexity index is 1110. The first-order chi connectivity index (χ1) is 13.1. The molecule has 0 unspecified atom stereocenters. The minimum absolute atomic E-state index is 0.315. The van der Waals surface area contributed by atoms with Gasteiger partial charge in [0.15, 0.2) is 17.3 Å². The van der Waals surface area contributed by atoms with E-state index in [0.717, 1.165) is 11.3 Å². The van der Waals surface area contributed by atoms with Crippen molar-refractivity contribution in [3.8, 4) is 22.8 Å². The van der Waals surface area contributed by atoms with Crippen LogP contribution < -0.4 is 16.0 Å². The van der Waals surface area contributed by atoms with Crippen molar-refractivity contribution in [2.24, 2.45) is 5.84 Å². The van der Waals surface area contributed by atoms with E-state index in [2.05, 4.69) is 20.5 Å². The van der Waals surface area contributed by atoms with Crippen molar-refractivity contribution in [3.63, 3.8) is 0 Å². The predicted octanol–water partition coefficient (Wildman–Crippen LogP) is 3.22. The topological polar surface area (TPSA) is 90.9 Å². The molecule has 0 bridgehead atoms. The van der Waals surface area contributed by atoms with Gasteiger partial charge in [-0.25, -0.2) is 24.9 Å². The first kappa shape index (κ1) is 16.9. The van der Waals surface area contributed by atoms with E-state index in [1.807, 2.05) is 31.2 Å². The number of nitrogens with zero attached hydrogens (tertiary/aromatic N) is 4. The Balaban J connectivity index is 1.94. The normalized spacial score (nSPS) is 11.0. The van der Waals surface area contributed by atoms with E-state index in [0.29, 0.717) is 34.1 Å². The molecule has 0 fully saturated rings. The molecule has 0 amide bonds. The summed E-state index contributed by atoms with van der Waals surface area (Å²) in [5.41, 5.74) is 5.41. The number of nitrogens with one attached hydrogen (secondary N) is 1. The zero-order chi connectivity index (χ0) is 19.0. The van der Waals surface area contributed by atoms with Gasteiger partial charge in [-0.05, 0) is 55.5 Å². The van der Waals surface area contributed by atoms with Gasteiger partial charge in [-0.1, -0.05) is 0 Å². The summed E-state index contributed by atoms with van der Waals surface area (Å²) < 4.78 is 20.1. The van der Waals surface area contributed by atoms with Gasteiger partial charge >= 0.3 is 0 Å². The molecule has 0 radical (unpaired) electrons. The van der Waals surface area contributed by atoms with Crippen LogP contribution in [0.15, 0.2) is 48.5 Å². The van der Waals surface area contributed by atoms with Gasteiger partial charge in [0.05, 0.1) is 23.9 Å². The highest BCUT2D eigenvalue weighted by Gasteiger charge is 2.18. The predicted molar refractivity (Wildman–Crippen MR) is 101 cm³/mol. The van der Waals surface area contributed by atoms with E-state index in [-0.39, 0.29) is 5.82 Å². The molecule has 2 aromatic carbocycles. The Labute approximate surface area is 154 Å². The zero-order valence-electron chi connectivity index (χ0n) is 14.8. The molecule has 0 aliphatic carbocycles. The minimum atomic E-state index is -0.315. The minimum Gasteiger partial charge on any atom is -0.497 e. The third-order valence-corrected chi connectivity index (χ3v) is 4.26. The molecule has 0 aliphatic rings. The number of aryl methyl sites for hydroxylation is 1. The van der Waals surface area contributed by atoms with Crippen molar-refractivity contribution >= 4 is 16.9 Å². The van der Waals surface area contributed by atoms with Crippen molar-refractivity contribution in [2.75, 3.05) is 12.5 Å². The van der Waals surface area contributed by atoms with Crippen LogP contribution in [-0.2, 0) is 0 Å². The highest BCUT2D eigenvalue weighted by atomic mass is 19.1. The van der Waals surface area contributed by atoms with Crippen LogP contribution >= 0.6 is 0 Å². The van der Waals surface area contributed by atoms with Crippen molar-refractivity contribution in [2.45, 2.75) is 6.92 Å². The number of anilines is 1. The Morgan fingerprint density at radius 1 is 1.04 bits per heavy atom. The highest BCUT2D eigenvalue weighted by Crippen LogP contribution is 2.29. The van der Waals surface area contributed by atoms with E-state index < -0.39 is 0 Å². The SMILES string of the molecule is COc1ccc(-c2nc(NN)c3c(C)nn(-c4ccc(F)cc4)c3n2)cc1. The van der Waals surface area contributed by atoms with E-state index in [4.69, 9.17) is 10.6 Å². The summed E-state index contributed by atoms with van der Waals surface area (Å²) in [7, 11) is 1.61. The molecule has 27 heavy (non-hydrogen) atoms. The smallest absolute Gasteiger partial charge is 0.169 e. The molecular formula is C19H17FN6O. The van der Waals surface area contributed by atoms with E-state index in [1.165, 1.54) is 12.1 Å². The molecule has 136 valence electrons. The van der Waals surface area contributed by atoms with Crippen LogP contribution in [0.3, 0.4) is 0 Å². The molecule has 0 saturated carbocycles. The molecule has 4 aromatic rings. The van der Waals surface area contributed by atoms with E-state index >= 15 is 0 Å². The average Bonchev–Trinajstić information content (AvgIpc) is 3.04. The van der Waals surface area contributed by atoms with E-state index in [1.54, 1.807) is 23.9 Å². The summed E-state index contributed by atoms with van der Waals surface area (Å²) in [6.07, 6.45) is 0. The second-order valence-electron chi connectivity index (χ2n) is 5.94. The molecule has 2 aromatic heterocycles. The van der Waals surface area contributed by atoms with Crippen molar-refractivity contribution in [1.82, 2.24) is 19.7 Å². The van der Waals surface area contributed by atoms with Crippen LogP contribution in [0.25, 0.3) is 28.1 Å². The standard InChI is InChI=1S/C19H17FN6O/c1-11-16-18(24-21)22-17(12-3-9-15(27-2)10-4-12)23-19(16)26(25-11)14-7-5-13(20)6-8-14/h3-10H,21H2,1-2H3,(H,22,23,24). The van der Waals surface area contributed by atoms with Crippen molar-refractivity contribution in [1.29, 1.82) is 0 Å². The van der Waals surface area contributed by atoms with Crippen molar-refractivity contribution in [3.05, 3.63) is 60.0 Å². The van der Waals surface area contributed by atoms with Crippen LogP contribution in [0.5, 0.6) is 5.75 Å². The number of hydrogen-bond acceptors (Lipinski definition) is 6. The fourth-order valence-electron chi connectivity index (χ4n) is 2.92. The maximum Gasteiger partial charge on any atom is 0.169 e. The Morgan fingerprint density at radius 2 is 1.74 bits per heavy atom. The number of halogens is 1. The van der Waals surface area contributed by atoms with Crippen LogP contribution in [0.4, 0.5) is 10.2 Å². The molecule has 4 rings (SSSR count). The number of rotatable bonds is 4. The van der Waals surface area contributed by atoms with Crippen molar-refractivity contribution < 1.29 is 9.13 Å². The number of nitrogen functional groups attached to an aromatic ring is 1. The molecule has 0 saturated heterocycles. The van der Waals surface area contributed by atoms with Crippen LogP contribution in [0.2, 0.25) is 0 Å². The largest absolute Gasteiger partial charge is 0.497 e. The second-order valence-corrected chi connectivity index (χ2v) is 5.94. The zero-order valence-corrected chi connectivity index (χ0v) is 14.8. The van der Waals surface area contributed by atoms with Gasteiger partial charge in [0, 0.05) is 5.56 Å². The van der Waals surface area contributed by atoms with Crippen LogP contribution in [-0.4, -0.2) is 26.9 Å².